The van der Waals surface area contributed by atoms with Crippen LogP contribution in [-0.4, -0.2) is 16.8 Å². The van der Waals surface area contributed by atoms with E-state index in [1.165, 1.54) is 6.07 Å². The second-order valence-electron chi connectivity index (χ2n) is 6.11. The molecule has 3 aromatic carbocycles. The largest absolute Gasteiger partial charge is 0.261 e. The maximum Gasteiger partial charge on any atom is 0.261 e. The maximum absolute atomic E-state index is 11.2. The van der Waals surface area contributed by atoms with Gasteiger partial charge in [0.1, 0.15) is 0 Å². The third kappa shape index (κ3) is 5.69. The van der Waals surface area contributed by atoms with Crippen molar-refractivity contribution in [2.75, 3.05) is 0 Å². The summed E-state index contributed by atoms with van der Waals surface area (Å²) in [5.74, 6) is 0. The Bertz CT molecular complexity index is 1180. The molecule has 0 saturated heterocycles. The van der Waals surface area contributed by atoms with E-state index < -0.39 is 18.1 Å². The molecule has 0 aliphatic rings. The molecule has 0 heterocycles. The highest BCUT2D eigenvalue weighted by atomic mass is 35.7. The zero-order chi connectivity index (χ0) is 20.4. The molecule has 3 rings (SSSR count). The highest BCUT2D eigenvalue weighted by molar-refractivity contribution is 8.14. The Hall–Kier alpha value is -1.60. The normalized spacial score (nSPS) is 11.7. The molecule has 0 spiro atoms. The van der Waals surface area contributed by atoms with Crippen LogP contribution in [-0.2, 0) is 18.1 Å². The molecular weight excluding hydrogens is 427 g/mol. The monoisotopic (exact) mass is 444 g/mol. The average Bonchev–Trinajstić information content (AvgIpc) is 2.51. The molecular formula is C19H18Cl2O4S2. The van der Waals surface area contributed by atoms with Crippen LogP contribution in [0.5, 0.6) is 0 Å². The Morgan fingerprint density at radius 2 is 1.19 bits per heavy atom. The van der Waals surface area contributed by atoms with Crippen LogP contribution >= 0.6 is 21.4 Å². The predicted octanol–water partition coefficient (Wildman–Crippen LogP) is 5.31. The van der Waals surface area contributed by atoms with Gasteiger partial charge in [-0.2, -0.15) is 0 Å². The van der Waals surface area contributed by atoms with Crippen LogP contribution in [0.3, 0.4) is 0 Å². The van der Waals surface area contributed by atoms with Crippen molar-refractivity contribution in [2.24, 2.45) is 0 Å². The minimum Gasteiger partial charge on any atom is -0.207 e. The summed E-state index contributed by atoms with van der Waals surface area (Å²) in [5, 5.41) is 1.87. The van der Waals surface area contributed by atoms with Gasteiger partial charge in [-0.05, 0) is 54.8 Å². The lowest BCUT2D eigenvalue weighted by molar-refractivity contribution is 0.607. The summed E-state index contributed by atoms with van der Waals surface area (Å²) in [5.41, 5.74) is 2.44. The molecule has 0 fully saturated rings. The van der Waals surface area contributed by atoms with Gasteiger partial charge in [0.15, 0.2) is 0 Å². The number of benzene rings is 3. The van der Waals surface area contributed by atoms with E-state index in [0.717, 1.165) is 16.3 Å². The first kappa shape index (κ1) is 21.7. The summed E-state index contributed by atoms with van der Waals surface area (Å²) in [7, 11) is 3.29. The van der Waals surface area contributed by atoms with Crippen LogP contribution < -0.4 is 0 Å². The quantitative estimate of drug-likeness (QED) is 0.502. The molecule has 0 aliphatic heterocycles. The number of hydrogen-bond donors (Lipinski definition) is 0. The molecule has 0 unspecified atom stereocenters. The van der Waals surface area contributed by atoms with Gasteiger partial charge in [-0.3, -0.25) is 0 Å². The highest BCUT2D eigenvalue weighted by Crippen LogP contribution is 2.24. The summed E-state index contributed by atoms with van der Waals surface area (Å²) < 4.78 is 44.4. The first-order valence-electron chi connectivity index (χ1n) is 7.85. The van der Waals surface area contributed by atoms with E-state index in [-0.39, 0.29) is 9.79 Å². The van der Waals surface area contributed by atoms with Gasteiger partial charge >= 0.3 is 0 Å². The molecule has 0 saturated carbocycles. The summed E-state index contributed by atoms with van der Waals surface area (Å²) in [4.78, 5) is 0.373. The standard InChI is InChI=1S/C10H7ClO2S.C9H11ClO2S/c11-14(12,13)10-6-5-8-3-1-2-4-9(8)7-10;1-6-4-7(2)9(8(3)5-6)13(10,11)12/h1-7H;4-5H,1-3H3. The number of rotatable bonds is 2. The SMILES string of the molecule is Cc1cc(C)c(S(=O)(=O)Cl)c(C)c1.O=S(=O)(Cl)c1ccc2ccccc2c1. The maximum atomic E-state index is 11.2. The fourth-order valence-corrected chi connectivity index (χ4v) is 5.27. The molecule has 0 aromatic heterocycles. The van der Waals surface area contributed by atoms with Crippen LogP contribution in [0.4, 0.5) is 0 Å². The van der Waals surface area contributed by atoms with E-state index in [2.05, 4.69) is 0 Å². The lowest BCUT2D eigenvalue weighted by atomic mass is 10.1. The molecule has 3 aromatic rings. The van der Waals surface area contributed by atoms with Gasteiger partial charge in [-0.25, -0.2) is 16.8 Å². The van der Waals surface area contributed by atoms with Gasteiger partial charge in [0.2, 0.25) is 0 Å². The highest BCUT2D eigenvalue weighted by Gasteiger charge is 2.16. The van der Waals surface area contributed by atoms with Gasteiger partial charge < -0.3 is 0 Å². The van der Waals surface area contributed by atoms with Crippen LogP contribution in [0.2, 0.25) is 0 Å². The van der Waals surface area contributed by atoms with E-state index >= 15 is 0 Å². The first-order chi connectivity index (χ1) is 12.4. The minimum absolute atomic E-state index is 0.137. The molecule has 0 bridgehead atoms. The molecule has 144 valence electrons. The third-order valence-corrected chi connectivity index (χ3v) is 6.80. The van der Waals surface area contributed by atoms with E-state index in [4.69, 9.17) is 21.4 Å². The number of halogens is 2. The molecule has 4 nitrogen and oxygen atoms in total. The van der Waals surface area contributed by atoms with Crippen molar-refractivity contribution in [3.63, 3.8) is 0 Å². The van der Waals surface area contributed by atoms with Crippen molar-refractivity contribution in [3.05, 3.63) is 71.3 Å². The summed E-state index contributed by atoms with van der Waals surface area (Å²) >= 11 is 0. The van der Waals surface area contributed by atoms with Crippen molar-refractivity contribution < 1.29 is 16.8 Å². The number of hydrogen-bond acceptors (Lipinski definition) is 4. The molecule has 0 atom stereocenters. The Morgan fingerprint density at radius 1 is 0.667 bits per heavy atom. The Kier molecular flexibility index (Phi) is 6.58. The minimum atomic E-state index is -3.62. The van der Waals surface area contributed by atoms with E-state index in [1.807, 2.05) is 43.3 Å². The average molecular weight is 445 g/mol. The van der Waals surface area contributed by atoms with Gasteiger partial charge in [0, 0.05) is 21.4 Å². The fraction of sp³-hybridized carbons (Fsp3) is 0.158. The Labute approximate surface area is 168 Å². The molecule has 8 heteroatoms. The van der Waals surface area contributed by atoms with Crippen LogP contribution in [0.1, 0.15) is 16.7 Å². The van der Waals surface area contributed by atoms with Crippen molar-refractivity contribution in [3.8, 4) is 0 Å². The molecule has 0 amide bonds. The lowest BCUT2D eigenvalue weighted by Gasteiger charge is -2.07. The second-order valence-corrected chi connectivity index (χ2v) is 11.2. The van der Waals surface area contributed by atoms with Gasteiger partial charge in [-0.1, -0.05) is 48.0 Å². The van der Waals surface area contributed by atoms with Gasteiger partial charge in [0.25, 0.3) is 18.1 Å². The fourth-order valence-electron chi connectivity index (χ4n) is 2.87. The summed E-state index contributed by atoms with van der Waals surface area (Å²) in [6.45, 7) is 5.41. The second kappa shape index (κ2) is 8.19. The molecule has 0 N–H and O–H groups in total. The summed E-state index contributed by atoms with van der Waals surface area (Å²) in [6, 6.07) is 15.9. The summed E-state index contributed by atoms with van der Waals surface area (Å²) in [6.07, 6.45) is 0. The predicted molar refractivity (Wildman–Crippen MR) is 111 cm³/mol. The van der Waals surface area contributed by atoms with Crippen molar-refractivity contribution >= 4 is 50.2 Å². The van der Waals surface area contributed by atoms with E-state index in [9.17, 15) is 16.8 Å². The number of aryl methyl sites for hydroxylation is 3. The van der Waals surface area contributed by atoms with Crippen LogP contribution in [0.25, 0.3) is 10.8 Å². The third-order valence-electron chi connectivity index (χ3n) is 3.85. The number of fused-ring (bicyclic) bond motifs is 1. The zero-order valence-electron chi connectivity index (χ0n) is 14.9. The lowest BCUT2D eigenvalue weighted by Crippen LogP contribution is -1.98. The van der Waals surface area contributed by atoms with Crippen LogP contribution in [0.15, 0.2) is 64.4 Å². The van der Waals surface area contributed by atoms with Gasteiger partial charge in [0.05, 0.1) is 9.79 Å². The molecule has 0 radical (unpaired) electrons. The molecule has 27 heavy (non-hydrogen) atoms. The Morgan fingerprint density at radius 3 is 1.67 bits per heavy atom. The van der Waals surface area contributed by atoms with Crippen molar-refractivity contribution in [1.82, 2.24) is 0 Å². The zero-order valence-corrected chi connectivity index (χ0v) is 18.0. The van der Waals surface area contributed by atoms with E-state index in [0.29, 0.717) is 11.1 Å². The Balaban J connectivity index is 0.000000194. The smallest absolute Gasteiger partial charge is 0.207 e. The molecule has 0 aliphatic carbocycles. The first-order valence-corrected chi connectivity index (χ1v) is 12.5. The van der Waals surface area contributed by atoms with Gasteiger partial charge in [-0.15, -0.1) is 0 Å². The topological polar surface area (TPSA) is 68.3 Å². The van der Waals surface area contributed by atoms with Crippen molar-refractivity contribution in [2.45, 2.75) is 30.6 Å². The van der Waals surface area contributed by atoms with E-state index in [1.54, 1.807) is 26.0 Å². The van der Waals surface area contributed by atoms with Crippen LogP contribution in [0, 0.1) is 20.8 Å². The van der Waals surface area contributed by atoms with Crippen molar-refractivity contribution in [1.29, 1.82) is 0 Å².